The van der Waals surface area contributed by atoms with Gasteiger partial charge in [0.15, 0.2) is 5.69 Å². The molecular formula is C12H18N2O4. The zero-order valence-corrected chi connectivity index (χ0v) is 10.6. The fourth-order valence-corrected chi connectivity index (χ4v) is 1.30. The summed E-state index contributed by atoms with van der Waals surface area (Å²) in [6, 6.07) is 2.39. The van der Waals surface area contributed by atoms with Crippen LogP contribution in [0.4, 0.5) is 0 Å². The first-order valence-electron chi connectivity index (χ1n) is 5.90. The van der Waals surface area contributed by atoms with Crippen molar-refractivity contribution in [2.24, 2.45) is 5.92 Å². The topological polar surface area (TPSA) is 81.4 Å². The molecule has 0 radical (unpaired) electrons. The maximum absolute atomic E-state index is 11.4. The summed E-state index contributed by atoms with van der Waals surface area (Å²) >= 11 is 0. The van der Waals surface area contributed by atoms with Gasteiger partial charge in [-0.3, -0.25) is 4.79 Å². The number of hydrogen-bond donors (Lipinski definition) is 1. The molecule has 100 valence electrons. The second-order valence-electron chi connectivity index (χ2n) is 4.38. The van der Waals surface area contributed by atoms with Crippen molar-refractivity contribution in [2.45, 2.75) is 26.8 Å². The first kappa shape index (κ1) is 14.4. The van der Waals surface area contributed by atoms with Crippen LogP contribution in [0.5, 0.6) is 0 Å². The Morgan fingerprint density at radius 2 is 2.17 bits per heavy atom. The van der Waals surface area contributed by atoms with Gasteiger partial charge in [0.1, 0.15) is 0 Å². The molecule has 18 heavy (non-hydrogen) atoms. The van der Waals surface area contributed by atoms with Crippen LogP contribution in [0.1, 0.15) is 30.8 Å². The van der Waals surface area contributed by atoms with Crippen molar-refractivity contribution >= 4 is 5.97 Å². The van der Waals surface area contributed by atoms with Gasteiger partial charge < -0.3 is 9.84 Å². The molecule has 0 saturated heterocycles. The number of aromatic nitrogens is 2. The van der Waals surface area contributed by atoms with E-state index < -0.39 is 5.97 Å². The fourth-order valence-electron chi connectivity index (χ4n) is 1.30. The molecule has 1 N–H and O–H groups in total. The molecule has 1 heterocycles. The van der Waals surface area contributed by atoms with E-state index in [4.69, 9.17) is 9.84 Å². The highest BCUT2D eigenvalue weighted by Crippen LogP contribution is 1.98. The fraction of sp³-hybridized carbons (Fsp3) is 0.583. The van der Waals surface area contributed by atoms with Crippen LogP contribution in [-0.4, -0.2) is 34.1 Å². The lowest BCUT2D eigenvalue weighted by Crippen LogP contribution is -2.26. The van der Waals surface area contributed by atoms with E-state index >= 15 is 0 Å². The molecule has 6 nitrogen and oxygen atoms in total. The molecule has 0 bridgehead atoms. The van der Waals surface area contributed by atoms with Crippen molar-refractivity contribution in [3.05, 3.63) is 28.2 Å². The summed E-state index contributed by atoms with van der Waals surface area (Å²) in [4.78, 5) is 22.1. The molecule has 1 aromatic heterocycles. The largest absolute Gasteiger partial charge is 0.476 e. The smallest absolute Gasteiger partial charge is 0.356 e. The highest BCUT2D eigenvalue weighted by atomic mass is 16.5. The molecule has 0 aromatic carbocycles. The van der Waals surface area contributed by atoms with Gasteiger partial charge in [0.2, 0.25) is 0 Å². The van der Waals surface area contributed by atoms with E-state index in [2.05, 4.69) is 18.9 Å². The average molecular weight is 254 g/mol. The summed E-state index contributed by atoms with van der Waals surface area (Å²) in [5.41, 5.74) is -0.468. The van der Waals surface area contributed by atoms with Crippen molar-refractivity contribution in [1.29, 1.82) is 0 Å². The van der Waals surface area contributed by atoms with Crippen molar-refractivity contribution in [2.75, 3.05) is 13.2 Å². The van der Waals surface area contributed by atoms with Crippen molar-refractivity contribution < 1.29 is 14.6 Å². The second-order valence-corrected chi connectivity index (χ2v) is 4.38. The Morgan fingerprint density at radius 3 is 2.78 bits per heavy atom. The predicted molar refractivity (Wildman–Crippen MR) is 65.7 cm³/mol. The zero-order chi connectivity index (χ0) is 13.5. The van der Waals surface area contributed by atoms with Gasteiger partial charge in [0.05, 0.1) is 13.2 Å². The van der Waals surface area contributed by atoms with Gasteiger partial charge in [-0.15, -0.1) is 0 Å². The molecule has 6 heteroatoms. The summed E-state index contributed by atoms with van der Waals surface area (Å²) in [6.45, 7) is 5.45. The van der Waals surface area contributed by atoms with Crippen LogP contribution >= 0.6 is 0 Å². The first-order valence-corrected chi connectivity index (χ1v) is 5.90. The summed E-state index contributed by atoms with van der Waals surface area (Å²) in [7, 11) is 0. The van der Waals surface area contributed by atoms with Crippen LogP contribution in [0.25, 0.3) is 0 Å². The third-order valence-corrected chi connectivity index (χ3v) is 2.37. The minimum atomic E-state index is -1.15. The SMILES string of the molecule is CC(C)CCOCCn1nc(C(=O)O)ccc1=O. The van der Waals surface area contributed by atoms with Gasteiger partial charge in [0, 0.05) is 12.7 Å². The monoisotopic (exact) mass is 254 g/mol. The summed E-state index contributed by atoms with van der Waals surface area (Å²) in [5, 5.41) is 12.5. The number of aromatic carboxylic acids is 1. The molecular weight excluding hydrogens is 236 g/mol. The van der Waals surface area contributed by atoms with Crippen LogP contribution in [0.15, 0.2) is 16.9 Å². The Kier molecular flexibility index (Phi) is 5.51. The molecule has 1 rings (SSSR count). The summed E-state index contributed by atoms with van der Waals surface area (Å²) in [5.74, 6) is -0.578. The minimum Gasteiger partial charge on any atom is -0.476 e. The van der Waals surface area contributed by atoms with Gasteiger partial charge in [-0.1, -0.05) is 13.8 Å². The number of nitrogens with zero attached hydrogens (tertiary/aromatic N) is 2. The number of carbonyl (C=O) groups is 1. The molecule has 0 saturated carbocycles. The molecule has 0 fully saturated rings. The first-order chi connectivity index (χ1) is 8.50. The quantitative estimate of drug-likeness (QED) is 0.734. The number of carboxylic acid groups (broad SMARTS) is 1. The Labute approximate surface area is 105 Å². The van der Waals surface area contributed by atoms with Crippen LogP contribution in [0.3, 0.4) is 0 Å². The molecule has 0 atom stereocenters. The van der Waals surface area contributed by atoms with Crippen LogP contribution < -0.4 is 5.56 Å². The Morgan fingerprint density at radius 1 is 1.44 bits per heavy atom. The Bertz CT molecular complexity index is 454. The lowest BCUT2D eigenvalue weighted by atomic mass is 10.1. The van der Waals surface area contributed by atoms with E-state index in [-0.39, 0.29) is 17.8 Å². The van der Waals surface area contributed by atoms with Crippen LogP contribution in [0.2, 0.25) is 0 Å². The van der Waals surface area contributed by atoms with Gasteiger partial charge in [-0.25, -0.2) is 9.48 Å². The van der Waals surface area contributed by atoms with E-state index in [1.807, 2.05) is 0 Å². The van der Waals surface area contributed by atoms with Gasteiger partial charge in [0.25, 0.3) is 5.56 Å². The standard InChI is InChI=1S/C12H18N2O4/c1-9(2)5-7-18-8-6-14-11(15)4-3-10(13-14)12(16)17/h3-4,9H,5-8H2,1-2H3,(H,16,17). The maximum Gasteiger partial charge on any atom is 0.356 e. The van der Waals surface area contributed by atoms with Gasteiger partial charge in [-0.05, 0) is 18.4 Å². The summed E-state index contributed by atoms with van der Waals surface area (Å²) < 4.78 is 6.47. The summed E-state index contributed by atoms with van der Waals surface area (Å²) in [6.07, 6.45) is 0.956. The molecule has 0 unspecified atom stereocenters. The van der Waals surface area contributed by atoms with Crippen molar-refractivity contribution in [3.8, 4) is 0 Å². The molecule has 0 aliphatic rings. The molecule has 1 aromatic rings. The molecule has 0 aliphatic heterocycles. The van der Waals surface area contributed by atoms with E-state index in [0.717, 1.165) is 11.1 Å². The predicted octanol–water partition coefficient (Wildman–Crippen LogP) is 1.00. The zero-order valence-electron chi connectivity index (χ0n) is 10.6. The highest BCUT2D eigenvalue weighted by Gasteiger charge is 2.06. The lowest BCUT2D eigenvalue weighted by molar-refractivity contribution is 0.0685. The third kappa shape index (κ3) is 4.67. The van der Waals surface area contributed by atoms with E-state index in [9.17, 15) is 9.59 Å². The van der Waals surface area contributed by atoms with Crippen LogP contribution in [-0.2, 0) is 11.3 Å². The van der Waals surface area contributed by atoms with Crippen molar-refractivity contribution in [1.82, 2.24) is 9.78 Å². The Balaban J connectivity index is 2.49. The average Bonchev–Trinajstić information content (AvgIpc) is 2.30. The van der Waals surface area contributed by atoms with E-state index in [1.54, 1.807) is 0 Å². The third-order valence-electron chi connectivity index (χ3n) is 2.37. The number of carboxylic acids is 1. The normalized spacial score (nSPS) is 10.8. The minimum absolute atomic E-state index is 0.142. The number of ether oxygens (including phenoxy) is 1. The lowest BCUT2D eigenvalue weighted by Gasteiger charge is -2.07. The van der Waals surface area contributed by atoms with E-state index in [1.165, 1.54) is 12.1 Å². The second kappa shape index (κ2) is 6.90. The Hall–Kier alpha value is -1.69. The number of hydrogen-bond acceptors (Lipinski definition) is 4. The van der Waals surface area contributed by atoms with Gasteiger partial charge >= 0.3 is 5.97 Å². The van der Waals surface area contributed by atoms with Crippen LogP contribution in [0, 0.1) is 5.92 Å². The molecule has 0 aliphatic carbocycles. The number of rotatable bonds is 7. The van der Waals surface area contributed by atoms with E-state index in [0.29, 0.717) is 19.1 Å². The highest BCUT2D eigenvalue weighted by molar-refractivity contribution is 5.84. The maximum atomic E-state index is 11.4. The van der Waals surface area contributed by atoms with Crippen molar-refractivity contribution in [3.63, 3.8) is 0 Å². The van der Waals surface area contributed by atoms with Gasteiger partial charge in [-0.2, -0.15) is 5.10 Å². The molecule has 0 spiro atoms. The molecule has 0 amide bonds.